The standard InChI is InChI=1S/C16H17ClN2O3S3/c1-10(2)25(21,22)14-8-13(24-16(14)23-3)15(20)19-18-9-11-4-6-12(17)7-5-11/h4-10H,1-3H3,(H,19,20). The van der Waals surface area contributed by atoms with Gasteiger partial charge in [0.25, 0.3) is 5.91 Å². The van der Waals surface area contributed by atoms with Gasteiger partial charge in [-0.15, -0.1) is 23.1 Å². The van der Waals surface area contributed by atoms with Crippen molar-refractivity contribution in [1.82, 2.24) is 5.43 Å². The minimum atomic E-state index is -3.44. The number of hydrogen-bond donors (Lipinski definition) is 1. The normalized spacial score (nSPS) is 12.0. The van der Waals surface area contributed by atoms with E-state index in [1.54, 1.807) is 44.4 Å². The lowest BCUT2D eigenvalue weighted by molar-refractivity contribution is 0.0959. The molecule has 1 N–H and O–H groups in total. The van der Waals surface area contributed by atoms with Crippen LogP contribution in [0.2, 0.25) is 5.02 Å². The number of sulfone groups is 1. The highest BCUT2D eigenvalue weighted by Gasteiger charge is 2.26. The molecule has 0 saturated carbocycles. The Balaban J connectivity index is 2.17. The lowest BCUT2D eigenvalue weighted by Gasteiger charge is -2.06. The lowest BCUT2D eigenvalue weighted by Crippen LogP contribution is -2.17. The number of nitrogens with zero attached hydrogens (tertiary/aromatic N) is 1. The molecule has 1 aromatic heterocycles. The number of hydrogen-bond acceptors (Lipinski definition) is 6. The first-order chi connectivity index (χ1) is 11.8. The van der Waals surface area contributed by atoms with E-state index in [1.165, 1.54) is 24.0 Å². The number of thioether (sulfide) groups is 1. The maximum absolute atomic E-state index is 12.4. The summed E-state index contributed by atoms with van der Waals surface area (Å²) in [5, 5.41) is 3.96. The van der Waals surface area contributed by atoms with Gasteiger partial charge in [-0.1, -0.05) is 23.7 Å². The number of thiophene rings is 1. The van der Waals surface area contributed by atoms with Gasteiger partial charge in [-0.25, -0.2) is 13.8 Å². The predicted molar refractivity (Wildman–Crippen MR) is 105 cm³/mol. The zero-order chi connectivity index (χ0) is 18.6. The molecule has 5 nitrogen and oxygen atoms in total. The number of carbonyl (C=O) groups is 1. The highest BCUT2D eigenvalue weighted by Crippen LogP contribution is 2.35. The van der Waals surface area contributed by atoms with Crippen molar-refractivity contribution < 1.29 is 13.2 Å². The van der Waals surface area contributed by atoms with E-state index in [4.69, 9.17) is 11.6 Å². The molecule has 0 aliphatic heterocycles. The Labute approximate surface area is 160 Å². The van der Waals surface area contributed by atoms with Crippen molar-refractivity contribution in [2.24, 2.45) is 5.10 Å². The SMILES string of the molecule is CSc1sc(C(=O)NN=Cc2ccc(Cl)cc2)cc1S(=O)(=O)C(C)C. The van der Waals surface area contributed by atoms with E-state index in [2.05, 4.69) is 10.5 Å². The largest absolute Gasteiger partial charge is 0.281 e. The minimum Gasteiger partial charge on any atom is -0.266 e. The van der Waals surface area contributed by atoms with E-state index in [9.17, 15) is 13.2 Å². The summed E-state index contributed by atoms with van der Waals surface area (Å²) < 4.78 is 25.4. The van der Waals surface area contributed by atoms with Crippen LogP contribution in [-0.4, -0.2) is 32.0 Å². The molecule has 0 bridgehead atoms. The monoisotopic (exact) mass is 416 g/mol. The molecule has 0 spiro atoms. The average Bonchev–Trinajstić information content (AvgIpc) is 3.01. The number of benzene rings is 1. The lowest BCUT2D eigenvalue weighted by atomic mass is 10.2. The van der Waals surface area contributed by atoms with Crippen LogP contribution in [0.5, 0.6) is 0 Å². The van der Waals surface area contributed by atoms with Gasteiger partial charge >= 0.3 is 0 Å². The number of rotatable bonds is 6. The van der Waals surface area contributed by atoms with Crippen molar-refractivity contribution in [3.8, 4) is 0 Å². The fourth-order valence-electron chi connectivity index (χ4n) is 1.83. The first kappa shape index (κ1) is 20.0. The maximum atomic E-state index is 12.4. The molecule has 1 heterocycles. The molecular formula is C16H17ClN2O3S3. The topological polar surface area (TPSA) is 75.6 Å². The van der Waals surface area contributed by atoms with Gasteiger partial charge in [-0.3, -0.25) is 4.79 Å². The van der Waals surface area contributed by atoms with Gasteiger partial charge < -0.3 is 0 Å². The van der Waals surface area contributed by atoms with Crippen LogP contribution in [-0.2, 0) is 9.84 Å². The molecule has 0 aliphatic carbocycles. The maximum Gasteiger partial charge on any atom is 0.281 e. The second-order valence-electron chi connectivity index (χ2n) is 5.31. The molecule has 1 aromatic carbocycles. The van der Waals surface area contributed by atoms with Crippen molar-refractivity contribution in [3.63, 3.8) is 0 Å². The molecule has 1 amide bonds. The summed E-state index contributed by atoms with van der Waals surface area (Å²) in [4.78, 5) is 12.7. The zero-order valence-electron chi connectivity index (χ0n) is 13.8. The van der Waals surface area contributed by atoms with Crippen LogP contribution in [0.1, 0.15) is 29.1 Å². The Morgan fingerprint density at radius 1 is 1.32 bits per heavy atom. The molecule has 0 unspecified atom stereocenters. The molecule has 0 aliphatic rings. The van der Waals surface area contributed by atoms with Crippen molar-refractivity contribution >= 4 is 56.7 Å². The van der Waals surface area contributed by atoms with Crippen LogP contribution >= 0.6 is 34.7 Å². The molecule has 2 aromatic rings. The molecule has 2 rings (SSSR count). The Morgan fingerprint density at radius 3 is 2.52 bits per heavy atom. The number of halogens is 1. The van der Waals surface area contributed by atoms with Crippen molar-refractivity contribution in [1.29, 1.82) is 0 Å². The van der Waals surface area contributed by atoms with E-state index in [0.29, 0.717) is 14.1 Å². The Bertz CT molecular complexity index is 888. The second kappa shape index (κ2) is 8.35. The van der Waals surface area contributed by atoms with E-state index in [-0.39, 0.29) is 4.90 Å². The summed E-state index contributed by atoms with van der Waals surface area (Å²) in [6, 6.07) is 8.39. The molecule has 0 fully saturated rings. The van der Waals surface area contributed by atoms with Gasteiger partial charge in [0.05, 0.1) is 25.4 Å². The van der Waals surface area contributed by atoms with E-state index < -0.39 is 21.0 Å². The molecule has 0 atom stereocenters. The molecule has 134 valence electrons. The summed E-state index contributed by atoms with van der Waals surface area (Å²) in [5.41, 5.74) is 3.19. The summed E-state index contributed by atoms with van der Waals surface area (Å²) in [6.45, 7) is 3.24. The highest BCUT2D eigenvalue weighted by molar-refractivity contribution is 8.01. The number of hydrazone groups is 1. The molecule has 25 heavy (non-hydrogen) atoms. The van der Waals surface area contributed by atoms with Crippen molar-refractivity contribution in [3.05, 3.63) is 45.8 Å². The zero-order valence-corrected chi connectivity index (χ0v) is 17.0. The number of carbonyl (C=O) groups excluding carboxylic acids is 1. The number of amides is 1. The third-order valence-electron chi connectivity index (χ3n) is 3.25. The van der Waals surface area contributed by atoms with Gasteiger partial charge in [0.1, 0.15) is 0 Å². The first-order valence-corrected chi connectivity index (χ1v) is 11.2. The summed E-state index contributed by atoms with van der Waals surface area (Å²) in [5.74, 6) is -0.448. The third kappa shape index (κ3) is 4.84. The van der Waals surface area contributed by atoms with Gasteiger partial charge in [-0.05, 0) is 43.9 Å². The van der Waals surface area contributed by atoms with Gasteiger partial charge in [0.2, 0.25) is 0 Å². The van der Waals surface area contributed by atoms with Crippen LogP contribution in [0.25, 0.3) is 0 Å². The average molecular weight is 417 g/mol. The number of nitrogens with one attached hydrogen (secondary N) is 1. The third-order valence-corrected chi connectivity index (χ3v) is 8.21. The van der Waals surface area contributed by atoms with E-state index in [1.807, 2.05) is 0 Å². The first-order valence-electron chi connectivity index (χ1n) is 7.26. The van der Waals surface area contributed by atoms with Gasteiger partial charge in [-0.2, -0.15) is 5.10 Å². The predicted octanol–water partition coefficient (Wildman–Crippen LogP) is 4.07. The Kier molecular flexibility index (Phi) is 6.67. The smallest absolute Gasteiger partial charge is 0.266 e. The van der Waals surface area contributed by atoms with Gasteiger partial charge in [0, 0.05) is 5.02 Å². The summed E-state index contributed by atoms with van der Waals surface area (Å²) in [7, 11) is -3.44. The van der Waals surface area contributed by atoms with Crippen molar-refractivity contribution in [2.45, 2.75) is 28.2 Å². The van der Waals surface area contributed by atoms with Crippen LogP contribution in [0.15, 0.2) is 44.5 Å². The van der Waals surface area contributed by atoms with Gasteiger partial charge in [0.15, 0.2) is 9.84 Å². The molecule has 0 saturated heterocycles. The highest BCUT2D eigenvalue weighted by atomic mass is 35.5. The minimum absolute atomic E-state index is 0.201. The van der Waals surface area contributed by atoms with Crippen LogP contribution < -0.4 is 5.43 Å². The molecular weight excluding hydrogens is 400 g/mol. The molecule has 0 radical (unpaired) electrons. The quantitative estimate of drug-likeness (QED) is 0.437. The summed E-state index contributed by atoms with van der Waals surface area (Å²) in [6.07, 6.45) is 3.27. The van der Waals surface area contributed by atoms with E-state index in [0.717, 1.165) is 16.9 Å². The van der Waals surface area contributed by atoms with E-state index >= 15 is 0 Å². The van der Waals surface area contributed by atoms with Crippen molar-refractivity contribution in [2.75, 3.05) is 6.26 Å². The summed E-state index contributed by atoms with van der Waals surface area (Å²) >= 11 is 8.25. The Hall–Kier alpha value is -1.35. The molecule has 9 heteroatoms. The Morgan fingerprint density at radius 2 is 1.96 bits per heavy atom. The van der Waals surface area contributed by atoms with Crippen LogP contribution in [0.4, 0.5) is 0 Å². The fraction of sp³-hybridized carbons (Fsp3) is 0.250. The fourth-order valence-corrected chi connectivity index (χ4v) is 5.67. The van der Waals surface area contributed by atoms with Crippen LogP contribution in [0, 0.1) is 0 Å². The second-order valence-corrected chi connectivity index (χ2v) is 10.3. The van der Waals surface area contributed by atoms with Crippen LogP contribution in [0.3, 0.4) is 0 Å².